The topological polar surface area (TPSA) is 58.3 Å². The van der Waals surface area contributed by atoms with Crippen LogP contribution in [0.1, 0.15) is 15.9 Å². The molecule has 1 N–H and O–H groups in total. The number of hydrogen-bond acceptors (Lipinski definition) is 4. The van der Waals surface area contributed by atoms with E-state index in [9.17, 15) is 4.79 Å². The number of aryl methyl sites for hydroxylation is 1. The molecule has 2 aromatic heterocycles. The SMILES string of the molecule is Cc1cccc(-n2ncc(C(=O)NCCN3CCN(C)CC3)c2-n2cccc2)c1. The molecule has 29 heavy (non-hydrogen) atoms. The summed E-state index contributed by atoms with van der Waals surface area (Å²) in [5, 5.41) is 7.60. The van der Waals surface area contributed by atoms with Crippen LogP contribution in [0.25, 0.3) is 11.5 Å². The maximum absolute atomic E-state index is 13.0. The minimum absolute atomic E-state index is 0.0956. The van der Waals surface area contributed by atoms with Crippen molar-refractivity contribution in [2.24, 2.45) is 0 Å². The molecule has 1 aromatic carbocycles. The first-order valence-electron chi connectivity index (χ1n) is 10.1. The quantitative estimate of drug-likeness (QED) is 0.697. The first-order valence-corrected chi connectivity index (χ1v) is 10.1. The van der Waals surface area contributed by atoms with Crippen molar-refractivity contribution >= 4 is 5.91 Å². The number of amides is 1. The Morgan fingerprint density at radius 2 is 1.86 bits per heavy atom. The number of piperazine rings is 1. The van der Waals surface area contributed by atoms with Gasteiger partial charge in [-0.3, -0.25) is 9.69 Å². The Hall–Kier alpha value is -2.90. The Morgan fingerprint density at radius 3 is 2.59 bits per heavy atom. The molecule has 3 heterocycles. The average molecular weight is 393 g/mol. The minimum Gasteiger partial charge on any atom is -0.351 e. The molecule has 0 saturated carbocycles. The van der Waals surface area contributed by atoms with E-state index in [4.69, 9.17) is 0 Å². The van der Waals surface area contributed by atoms with Crippen molar-refractivity contribution in [2.75, 3.05) is 46.3 Å². The number of hydrogen-bond donors (Lipinski definition) is 1. The molecule has 1 aliphatic heterocycles. The molecule has 152 valence electrons. The highest BCUT2D eigenvalue weighted by Gasteiger charge is 2.20. The lowest BCUT2D eigenvalue weighted by Crippen LogP contribution is -2.46. The van der Waals surface area contributed by atoms with Gasteiger partial charge < -0.3 is 14.8 Å². The van der Waals surface area contributed by atoms with E-state index in [1.54, 1.807) is 6.20 Å². The smallest absolute Gasteiger partial charge is 0.256 e. The van der Waals surface area contributed by atoms with E-state index in [2.05, 4.69) is 33.3 Å². The molecular weight excluding hydrogens is 364 g/mol. The van der Waals surface area contributed by atoms with E-state index < -0.39 is 0 Å². The first-order chi connectivity index (χ1) is 14.1. The largest absolute Gasteiger partial charge is 0.351 e. The summed E-state index contributed by atoms with van der Waals surface area (Å²) in [6.07, 6.45) is 5.53. The summed E-state index contributed by atoms with van der Waals surface area (Å²) in [5.41, 5.74) is 2.65. The molecule has 0 spiro atoms. The Bertz CT molecular complexity index is 954. The van der Waals surface area contributed by atoms with Crippen LogP contribution in [0.5, 0.6) is 0 Å². The highest BCUT2D eigenvalue weighted by molar-refractivity contribution is 5.97. The van der Waals surface area contributed by atoms with Crippen molar-refractivity contribution in [3.8, 4) is 11.5 Å². The molecule has 1 fully saturated rings. The maximum atomic E-state index is 13.0. The first kappa shape index (κ1) is 19.4. The Balaban J connectivity index is 1.52. The van der Waals surface area contributed by atoms with Crippen molar-refractivity contribution in [3.05, 3.63) is 66.1 Å². The minimum atomic E-state index is -0.0956. The maximum Gasteiger partial charge on any atom is 0.256 e. The molecule has 3 aromatic rings. The van der Waals surface area contributed by atoms with Crippen LogP contribution in [0.15, 0.2) is 55.0 Å². The summed E-state index contributed by atoms with van der Waals surface area (Å²) < 4.78 is 3.76. The third kappa shape index (κ3) is 4.41. The average Bonchev–Trinajstić information content (AvgIpc) is 3.39. The molecule has 0 bridgehead atoms. The summed E-state index contributed by atoms with van der Waals surface area (Å²) in [7, 11) is 2.15. The van der Waals surface area contributed by atoms with Crippen LogP contribution in [0.3, 0.4) is 0 Å². The lowest BCUT2D eigenvalue weighted by atomic mass is 10.2. The summed E-state index contributed by atoms with van der Waals surface area (Å²) >= 11 is 0. The van der Waals surface area contributed by atoms with Gasteiger partial charge in [0.15, 0.2) is 5.82 Å². The molecular formula is C22H28N6O. The van der Waals surface area contributed by atoms with Gasteiger partial charge in [0.25, 0.3) is 5.91 Å². The van der Waals surface area contributed by atoms with E-state index in [1.807, 2.05) is 58.9 Å². The number of carbonyl (C=O) groups is 1. The second-order valence-electron chi connectivity index (χ2n) is 7.62. The third-order valence-electron chi connectivity index (χ3n) is 5.39. The van der Waals surface area contributed by atoms with E-state index in [-0.39, 0.29) is 5.91 Å². The highest BCUT2D eigenvalue weighted by Crippen LogP contribution is 2.20. The predicted molar refractivity (Wildman–Crippen MR) is 114 cm³/mol. The lowest BCUT2D eigenvalue weighted by molar-refractivity contribution is 0.0941. The summed E-state index contributed by atoms with van der Waals surface area (Å²) in [5.74, 6) is 0.652. The fourth-order valence-corrected chi connectivity index (χ4v) is 3.67. The van der Waals surface area contributed by atoms with Crippen molar-refractivity contribution in [2.45, 2.75) is 6.92 Å². The van der Waals surface area contributed by atoms with Gasteiger partial charge in [-0.15, -0.1) is 0 Å². The van der Waals surface area contributed by atoms with Crippen LogP contribution in [-0.2, 0) is 0 Å². The van der Waals surface area contributed by atoms with Gasteiger partial charge >= 0.3 is 0 Å². The lowest BCUT2D eigenvalue weighted by Gasteiger charge is -2.32. The normalized spacial score (nSPS) is 15.5. The monoisotopic (exact) mass is 392 g/mol. The number of aromatic nitrogens is 3. The molecule has 7 heteroatoms. The van der Waals surface area contributed by atoms with Crippen LogP contribution in [-0.4, -0.2) is 76.4 Å². The summed E-state index contributed by atoms with van der Waals surface area (Å²) in [6.45, 7) is 7.80. The van der Waals surface area contributed by atoms with Gasteiger partial charge in [-0.25, -0.2) is 4.68 Å². The molecule has 1 saturated heterocycles. The zero-order valence-corrected chi connectivity index (χ0v) is 17.1. The van der Waals surface area contributed by atoms with Crippen LogP contribution in [0, 0.1) is 6.92 Å². The van der Waals surface area contributed by atoms with Gasteiger partial charge in [-0.2, -0.15) is 5.10 Å². The number of benzene rings is 1. The summed E-state index contributed by atoms with van der Waals surface area (Å²) in [4.78, 5) is 17.7. The number of nitrogens with one attached hydrogen (secondary N) is 1. The number of nitrogens with zero attached hydrogens (tertiary/aromatic N) is 5. The highest BCUT2D eigenvalue weighted by atomic mass is 16.1. The van der Waals surface area contributed by atoms with Crippen LogP contribution < -0.4 is 5.32 Å². The van der Waals surface area contributed by atoms with Gasteiger partial charge in [-0.1, -0.05) is 12.1 Å². The Morgan fingerprint density at radius 1 is 1.10 bits per heavy atom. The second-order valence-corrected chi connectivity index (χ2v) is 7.62. The second kappa shape index (κ2) is 8.63. The zero-order chi connectivity index (χ0) is 20.2. The molecule has 1 aliphatic rings. The van der Waals surface area contributed by atoms with Crippen molar-refractivity contribution in [3.63, 3.8) is 0 Å². The summed E-state index contributed by atoms with van der Waals surface area (Å²) in [6, 6.07) is 12.0. The molecule has 4 rings (SSSR count). The van der Waals surface area contributed by atoms with Gasteiger partial charge in [-0.05, 0) is 43.8 Å². The fourth-order valence-electron chi connectivity index (χ4n) is 3.67. The standard InChI is InChI=1S/C22H28N6O/c1-18-6-5-7-19(16-18)28-22(27-9-3-4-10-27)20(17-24-28)21(29)23-8-11-26-14-12-25(2)13-15-26/h3-7,9-10,16-17H,8,11-15H2,1-2H3,(H,23,29). The van der Waals surface area contributed by atoms with Gasteiger partial charge in [0.1, 0.15) is 5.56 Å². The number of likely N-dealkylation sites (N-methyl/N-ethyl adjacent to an activating group) is 1. The van der Waals surface area contributed by atoms with E-state index in [1.165, 1.54) is 0 Å². The van der Waals surface area contributed by atoms with Crippen LogP contribution in [0.2, 0.25) is 0 Å². The van der Waals surface area contributed by atoms with E-state index >= 15 is 0 Å². The fraction of sp³-hybridized carbons (Fsp3) is 0.364. The zero-order valence-electron chi connectivity index (χ0n) is 17.1. The molecule has 7 nitrogen and oxygen atoms in total. The van der Waals surface area contributed by atoms with Crippen molar-refractivity contribution < 1.29 is 4.79 Å². The number of carbonyl (C=O) groups excluding carboxylic acids is 1. The van der Waals surface area contributed by atoms with Gasteiger partial charge in [0.2, 0.25) is 0 Å². The Kier molecular flexibility index (Phi) is 5.78. The van der Waals surface area contributed by atoms with Crippen LogP contribution in [0.4, 0.5) is 0 Å². The van der Waals surface area contributed by atoms with Crippen molar-refractivity contribution in [1.82, 2.24) is 29.5 Å². The van der Waals surface area contributed by atoms with Gasteiger partial charge in [0.05, 0.1) is 11.9 Å². The molecule has 1 amide bonds. The molecule has 0 aliphatic carbocycles. The van der Waals surface area contributed by atoms with Crippen LogP contribution >= 0.6 is 0 Å². The van der Waals surface area contributed by atoms with E-state index in [0.29, 0.717) is 12.1 Å². The third-order valence-corrected chi connectivity index (χ3v) is 5.39. The predicted octanol–water partition coefficient (Wildman–Crippen LogP) is 1.95. The number of rotatable bonds is 6. The van der Waals surface area contributed by atoms with E-state index in [0.717, 1.165) is 49.8 Å². The Labute approximate surface area is 171 Å². The molecule has 0 radical (unpaired) electrons. The van der Waals surface area contributed by atoms with Gasteiger partial charge in [0, 0.05) is 51.7 Å². The molecule has 0 atom stereocenters. The van der Waals surface area contributed by atoms with Crippen molar-refractivity contribution in [1.29, 1.82) is 0 Å². The molecule has 0 unspecified atom stereocenters.